The van der Waals surface area contributed by atoms with E-state index in [1.54, 1.807) is 19.0 Å². The van der Waals surface area contributed by atoms with Crippen LogP contribution in [0.15, 0.2) is 45.7 Å². The van der Waals surface area contributed by atoms with E-state index in [0.29, 0.717) is 24.7 Å². The minimum atomic E-state index is -4.97. The van der Waals surface area contributed by atoms with Gasteiger partial charge in [-0.15, -0.1) is 15.3 Å². The van der Waals surface area contributed by atoms with E-state index in [0.717, 1.165) is 73.5 Å². The monoisotopic (exact) mass is 679 g/mol. The van der Waals surface area contributed by atoms with Crippen LogP contribution in [0.2, 0.25) is 0 Å². The van der Waals surface area contributed by atoms with Gasteiger partial charge in [0.1, 0.15) is 0 Å². The van der Waals surface area contributed by atoms with Gasteiger partial charge in [-0.25, -0.2) is 0 Å². The molecule has 0 amide bonds. The van der Waals surface area contributed by atoms with Crippen molar-refractivity contribution < 1.29 is 26.3 Å². The minimum Gasteiger partial charge on any atom is -0.371 e. The Labute approximate surface area is 274 Å². The summed E-state index contributed by atoms with van der Waals surface area (Å²) in [5.41, 5.74) is 1.03. The van der Waals surface area contributed by atoms with Crippen LogP contribution in [0, 0.1) is 19.8 Å². The molecule has 11 nitrogen and oxygen atoms in total. The quantitative estimate of drug-likeness (QED) is 0.0820. The van der Waals surface area contributed by atoms with Crippen molar-refractivity contribution in [3.8, 4) is 0 Å². The number of fused-ring (bicyclic) bond motifs is 1. The second kappa shape index (κ2) is 14.0. The summed E-state index contributed by atoms with van der Waals surface area (Å²) in [4.78, 5) is 7.27. The van der Waals surface area contributed by atoms with Gasteiger partial charge in [-0.1, -0.05) is 22.8 Å². The van der Waals surface area contributed by atoms with Crippen molar-refractivity contribution in [1.29, 1.82) is 0 Å². The predicted octanol–water partition coefficient (Wildman–Crippen LogP) is 6.24. The number of likely N-dealkylation sites (tertiary alicyclic amines) is 1. The van der Waals surface area contributed by atoms with Crippen LogP contribution in [0.4, 0.5) is 38.0 Å². The number of hydrogen-bond donors (Lipinski definition) is 1. The van der Waals surface area contributed by atoms with Crippen molar-refractivity contribution in [2.24, 2.45) is 34.1 Å². The molecule has 2 aliphatic rings. The topological polar surface area (TPSA) is 116 Å². The van der Waals surface area contributed by atoms with Gasteiger partial charge in [0.2, 0.25) is 0 Å². The number of hydrazone groups is 1. The normalized spacial score (nSPS) is 18.4. The highest BCUT2D eigenvalue weighted by atomic mass is 19.4. The molecule has 0 radical (unpaired) electrons. The summed E-state index contributed by atoms with van der Waals surface area (Å²) in [5, 5.41) is 24.0. The van der Waals surface area contributed by atoms with Gasteiger partial charge in [0.15, 0.2) is 0 Å². The zero-order valence-electron chi connectivity index (χ0n) is 27.2. The highest BCUT2D eigenvalue weighted by Gasteiger charge is 2.38. The van der Waals surface area contributed by atoms with Gasteiger partial charge in [0, 0.05) is 45.5 Å². The second-order valence-electron chi connectivity index (χ2n) is 12.4. The first-order chi connectivity index (χ1) is 22.7. The van der Waals surface area contributed by atoms with Gasteiger partial charge < -0.3 is 20.5 Å². The van der Waals surface area contributed by atoms with Crippen molar-refractivity contribution in [3.05, 3.63) is 63.7 Å². The molecule has 2 aliphatic heterocycles. The molecule has 0 unspecified atom stereocenters. The van der Waals surface area contributed by atoms with Crippen LogP contribution in [0.1, 0.15) is 65.1 Å². The zero-order chi connectivity index (χ0) is 34.8. The molecule has 2 N–H and O–H groups in total. The molecule has 0 aliphatic carbocycles. The van der Waals surface area contributed by atoms with Crippen molar-refractivity contribution in [2.75, 3.05) is 43.0 Å². The van der Waals surface area contributed by atoms with Crippen LogP contribution in [0.25, 0.3) is 0 Å². The summed E-state index contributed by atoms with van der Waals surface area (Å²) in [6.07, 6.45) is -6.90. The van der Waals surface area contributed by atoms with E-state index in [4.69, 9.17) is 5.84 Å². The van der Waals surface area contributed by atoms with Crippen LogP contribution < -0.4 is 15.6 Å². The molecule has 48 heavy (non-hydrogen) atoms. The molecule has 5 rings (SSSR count). The fraction of sp³-hybridized carbons (Fsp3) is 0.548. The Hall–Kier alpha value is -4.44. The van der Waals surface area contributed by atoms with Crippen LogP contribution >= 0.6 is 0 Å². The molecule has 1 aromatic heterocycles. The fourth-order valence-electron chi connectivity index (χ4n) is 6.83. The Morgan fingerprint density at radius 3 is 2.19 bits per heavy atom. The molecule has 3 heterocycles. The number of aromatic nitrogens is 4. The molecule has 17 heteroatoms. The predicted molar refractivity (Wildman–Crippen MR) is 168 cm³/mol. The molecule has 3 aromatic rings. The molecule has 1 fully saturated rings. The summed E-state index contributed by atoms with van der Waals surface area (Å²) in [7, 11) is 3.11. The lowest BCUT2D eigenvalue weighted by Gasteiger charge is -2.37. The minimum absolute atomic E-state index is 0.112. The van der Waals surface area contributed by atoms with Crippen LogP contribution in [-0.2, 0) is 25.9 Å². The fourth-order valence-corrected chi connectivity index (χ4v) is 6.83. The van der Waals surface area contributed by atoms with E-state index in [9.17, 15) is 26.3 Å². The van der Waals surface area contributed by atoms with E-state index >= 15 is 0 Å². The number of nitrogens with two attached hydrogens (primary N) is 1. The van der Waals surface area contributed by atoms with Gasteiger partial charge in [-0.3, -0.25) is 0 Å². The Balaban J connectivity index is 1.51. The van der Waals surface area contributed by atoms with E-state index in [1.165, 1.54) is 4.80 Å². The average molecular weight is 680 g/mol. The number of benzene rings is 2. The molecule has 0 saturated carbocycles. The van der Waals surface area contributed by atoms with Gasteiger partial charge in [0.05, 0.1) is 24.2 Å². The highest BCUT2D eigenvalue weighted by molar-refractivity contribution is 5.80. The number of tetrazole rings is 1. The number of anilines is 2. The summed E-state index contributed by atoms with van der Waals surface area (Å²) < 4.78 is 82.8. The lowest BCUT2D eigenvalue weighted by Crippen LogP contribution is -2.41. The maximum Gasteiger partial charge on any atom is 0.416 e. The Morgan fingerprint density at radius 1 is 0.958 bits per heavy atom. The van der Waals surface area contributed by atoms with Crippen LogP contribution in [0.5, 0.6) is 0 Å². The average Bonchev–Trinajstić information content (AvgIpc) is 3.37. The summed E-state index contributed by atoms with van der Waals surface area (Å²) in [6.45, 7) is 6.63. The first kappa shape index (κ1) is 34.9. The molecule has 2 aromatic carbocycles. The number of rotatable bonds is 6. The Morgan fingerprint density at radius 2 is 1.62 bits per heavy atom. The number of piperidine rings is 1. The number of hydrogen-bond acceptors (Lipinski definition) is 8. The number of nitrogens with zero attached hydrogens (tertiary/aromatic N) is 10. The number of azo groups is 1. The largest absolute Gasteiger partial charge is 0.416 e. The van der Waals surface area contributed by atoms with Crippen molar-refractivity contribution in [3.63, 3.8) is 0 Å². The van der Waals surface area contributed by atoms with E-state index in [1.807, 2.05) is 24.8 Å². The third-order valence-corrected chi connectivity index (χ3v) is 8.87. The third-order valence-electron chi connectivity index (χ3n) is 8.87. The van der Waals surface area contributed by atoms with Crippen molar-refractivity contribution >= 4 is 17.6 Å². The Kier molecular flexibility index (Phi) is 10.1. The maximum atomic E-state index is 13.8. The summed E-state index contributed by atoms with van der Waals surface area (Å²) in [5.74, 6) is 6.38. The van der Waals surface area contributed by atoms with Gasteiger partial charge in [0.25, 0.3) is 11.9 Å². The first-order valence-electron chi connectivity index (χ1n) is 15.7. The number of guanidine groups is 1. The highest BCUT2D eigenvalue weighted by Crippen LogP contribution is 2.43. The van der Waals surface area contributed by atoms with Crippen molar-refractivity contribution in [2.45, 2.75) is 64.5 Å². The summed E-state index contributed by atoms with van der Waals surface area (Å²) in [6, 6.07) is 5.34. The molecule has 1 saturated heterocycles. The molecular weight excluding hydrogens is 640 g/mol. The first-order valence-corrected chi connectivity index (χ1v) is 15.7. The van der Waals surface area contributed by atoms with Crippen molar-refractivity contribution in [1.82, 2.24) is 25.1 Å². The van der Waals surface area contributed by atoms with Gasteiger partial charge in [-0.05, 0) is 85.6 Å². The summed E-state index contributed by atoms with van der Waals surface area (Å²) >= 11 is 0. The SMILES string of the molecule is CN=N/C(=N\N)N1CCC(CN2CCC[C@H](N(Cc3cc(C(F)(F)F)cc(C(F)(F)F)c3)c3nnn(C)n3)c3cc(C)cc(C)c32)CC1. The van der Waals surface area contributed by atoms with Crippen LogP contribution in [0.3, 0.4) is 0 Å². The molecular formula is C31H39F6N11. The third kappa shape index (κ3) is 7.81. The molecule has 0 spiro atoms. The molecule has 260 valence electrons. The molecule has 1 atom stereocenters. The second-order valence-corrected chi connectivity index (χ2v) is 12.4. The van der Waals surface area contributed by atoms with E-state index in [2.05, 4.69) is 41.7 Å². The lowest BCUT2D eigenvalue weighted by molar-refractivity contribution is -0.143. The van der Waals surface area contributed by atoms with E-state index in [-0.39, 0.29) is 24.1 Å². The maximum absolute atomic E-state index is 13.8. The smallest absolute Gasteiger partial charge is 0.371 e. The standard InChI is InChI=1S/C31H39F6N11/c1-19-12-20(2)27-25(13-19)26(6-5-9-47(27)17-21-7-10-46(11-8-21)28(40-38)41-39-3)48(29-42-44-45(4)43-29)18-22-14-23(30(32,33)34)16-24(15-22)31(35,36)37/h12-16,21,26H,5-11,17-18,38H2,1-4H3/b40-28+,41-39?/t26-/m0/s1. The zero-order valence-corrected chi connectivity index (χ0v) is 27.2. The molecule has 0 bridgehead atoms. The number of aryl methyl sites for hydroxylation is 3. The van der Waals surface area contributed by atoms with Gasteiger partial charge in [-0.2, -0.15) is 36.3 Å². The lowest BCUT2D eigenvalue weighted by atomic mass is 9.93. The van der Waals surface area contributed by atoms with E-state index < -0.39 is 29.5 Å². The number of halogens is 6. The van der Waals surface area contributed by atoms with Gasteiger partial charge >= 0.3 is 12.4 Å². The van der Waals surface area contributed by atoms with Crippen LogP contribution in [-0.4, -0.2) is 64.3 Å². The Bertz CT molecular complexity index is 1610. The number of alkyl halides is 6.